The van der Waals surface area contributed by atoms with Crippen LogP contribution in [-0.2, 0) is 6.18 Å². The van der Waals surface area contributed by atoms with Crippen LogP contribution in [0, 0.1) is 0 Å². The van der Waals surface area contributed by atoms with Gasteiger partial charge in [0, 0.05) is 18.6 Å². The smallest absolute Gasteiger partial charge is 0.387 e. The van der Waals surface area contributed by atoms with Crippen molar-refractivity contribution in [1.29, 1.82) is 0 Å². The van der Waals surface area contributed by atoms with E-state index in [0.29, 0.717) is 11.6 Å². The van der Waals surface area contributed by atoms with Crippen LogP contribution in [0.1, 0.15) is 53.3 Å². The van der Waals surface area contributed by atoms with Gasteiger partial charge in [-0.15, -0.1) is 0 Å². The van der Waals surface area contributed by atoms with Gasteiger partial charge in [0.1, 0.15) is 11.9 Å². The van der Waals surface area contributed by atoms with E-state index in [1.54, 1.807) is 12.1 Å². The Hall–Kier alpha value is -2.26. The molecule has 0 saturated heterocycles. The molecular weight excluding hydrogens is 414 g/mol. The van der Waals surface area contributed by atoms with E-state index in [0.717, 1.165) is 6.20 Å². The third kappa shape index (κ3) is 4.67. The van der Waals surface area contributed by atoms with Crippen LogP contribution in [0.2, 0.25) is 5.02 Å². The van der Waals surface area contributed by atoms with Crippen molar-refractivity contribution in [2.45, 2.75) is 49.7 Å². The molecule has 1 aliphatic carbocycles. The third-order valence-electron chi connectivity index (χ3n) is 5.02. The second-order valence-electron chi connectivity index (χ2n) is 6.99. The maximum absolute atomic E-state index is 13.6. The van der Waals surface area contributed by atoms with E-state index in [9.17, 15) is 27.5 Å². The first-order chi connectivity index (χ1) is 13.6. The van der Waals surface area contributed by atoms with Crippen LogP contribution >= 0.6 is 11.6 Å². The molecule has 0 spiro atoms. The molecular formula is C19H18ClF4N3O2. The molecule has 1 atom stereocenters. The summed E-state index contributed by atoms with van der Waals surface area (Å²) < 4.78 is 52.8. The Balaban J connectivity index is 1.94. The van der Waals surface area contributed by atoms with E-state index in [4.69, 9.17) is 11.6 Å². The molecule has 5 nitrogen and oxygen atoms in total. The number of hydrogen-bond acceptors (Lipinski definition) is 4. The van der Waals surface area contributed by atoms with Gasteiger partial charge in [-0.2, -0.15) is 13.2 Å². The minimum atomic E-state index is -4.75. The lowest BCUT2D eigenvalue weighted by Gasteiger charge is -2.40. The molecule has 2 aromatic rings. The number of halogens is 5. The van der Waals surface area contributed by atoms with Gasteiger partial charge in [-0.25, -0.2) is 9.37 Å². The maximum atomic E-state index is 13.6. The molecule has 1 fully saturated rings. The summed E-state index contributed by atoms with van der Waals surface area (Å²) in [7, 11) is 0. The average Bonchev–Trinajstić information content (AvgIpc) is 2.68. The molecule has 10 heteroatoms. The molecule has 0 bridgehead atoms. The molecule has 3 rings (SSSR count). The first-order valence-corrected chi connectivity index (χ1v) is 9.28. The minimum Gasteiger partial charge on any atom is -0.387 e. The van der Waals surface area contributed by atoms with E-state index < -0.39 is 46.2 Å². The number of amides is 1. The Morgan fingerprint density at radius 2 is 1.97 bits per heavy atom. The van der Waals surface area contributed by atoms with Crippen molar-refractivity contribution in [2.24, 2.45) is 0 Å². The Labute approximate surface area is 169 Å². The lowest BCUT2D eigenvalue weighted by Crippen LogP contribution is -2.48. The summed E-state index contributed by atoms with van der Waals surface area (Å²) in [6.07, 6.45) is -1.71. The molecule has 1 unspecified atom stereocenters. The number of aliphatic hydroxyl groups is 1. The number of hydrogen-bond donors (Lipinski definition) is 2. The van der Waals surface area contributed by atoms with Crippen molar-refractivity contribution in [3.05, 3.63) is 58.6 Å². The molecule has 0 aromatic carbocycles. The highest BCUT2D eigenvalue weighted by Crippen LogP contribution is 2.40. The molecule has 1 amide bonds. The maximum Gasteiger partial charge on any atom is 0.417 e. The predicted molar refractivity (Wildman–Crippen MR) is 97.0 cm³/mol. The standard InChI is InChI=1S/C19H18ClF4N3O2/c20-14-13(19(22,23)24)5-9-26-15(14)17(28)27-16(11-2-1-8-25-10-11)18(29)6-3-12(21)4-7-18/h1-2,5,8-10,12,16,29H,3-4,6-7H2,(H,27,28). The molecule has 1 aliphatic rings. The van der Waals surface area contributed by atoms with E-state index in [1.165, 1.54) is 12.4 Å². The van der Waals surface area contributed by atoms with Gasteiger partial charge in [-0.1, -0.05) is 17.7 Å². The lowest BCUT2D eigenvalue weighted by atomic mass is 9.76. The zero-order chi connectivity index (χ0) is 21.2. The second-order valence-corrected chi connectivity index (χ2v) is 7.37. The lowest BCUT2D eigenvalue weighted by molar-refractivity contribution is -0.137. The molecule has 0 aliphatic heterocycles. The van der Waals surface area contributed by atoms with E-state index in [1.807, 2.05) is 0 Å². The van der Waals surface area contributed by atoms with Gasteiger partial charge in [-0.05, 0) is 43.4 Å². The summed E-state index contributed by atoms with van der Waals surface area (Å²) in [6, 6.07) is 2.85. The predicted octanol–water partition coefficient (Wildman–Crippen LogP) is 4.26. The van der Waals surface area contributed by atoms with Crippen molar-refractivity contribution in [3.63, 3.8) is 0 Å². The van der Waals surface area contributed by atoms with Crippen molar-refractivity contribution in [3.8, 4) is 0 Å². The number of carbonyl (C=O) groups is 1. The van der Waals surface area contributed by atoms with Crippen LogP contribution in [0.5, 0.6) is 0 Å². The average molecular weight is 432 g/mol. The summed E-state index contributed by atoms with van der Waals surface area (Å²) in [5, 5.41) is 12.8. The van der Waals surface area contributed by atoms with Gasteiger partial charge < -0.3 is 10.4 Å². The number of rotatable bonds is 4. The fourth-order valence-electron chi connectivity index (χ4n) is 3.47. The fraction of sp³-hybridized carbons (Fsp3) is 0.421. The van der Waals surface area contributed by atoms with E-state index >= 15 is 0 Å². The second kappa shape index (κ2) is 8.23. The monoisotopic (exact) mass is 431 g/mol. The number of nitrogens with one attached hydrogen (secondary N) is 1. The SMILES string of the molecule is O=C(NC(c1cccnc1)C1(O)CCC(F)CC1)c1nccc(C(F)(F)F)c1Cl. The number of carbonyl (C=O) groups excluding carboxylic acids is 1. The van der Waals surface area contributed by atoms with Crippen molar-refractivity contribution < 1.29 is 27.5 Å². The van der Waals surface area contributed by atoms with Crippen LogP contribution in [0.4, 0.5) is 17.6 Å². The van der Waals surface area contributed by atoms with Crippen LogP contribution in [0.15, 0.2) is 36.8 Å². The molecule has 0 radical (unpaired) electrons. The summed E-state index contributed by atoms with van der Waals surface area (Å²) in [5.74, 6) is -0.981. The molecule has 2 heterocycles. The molecule has 2 N–H and O–H groups in total. The normalized spacial score (nSPS) is 23.4. The van der Waals surface area contributed by atoms with E-state index in [2.05, 4.69) is 15.3 Å². The summed E-state index contributed by atoms with van der Waals surface area (Å²) in [5.41, 5.74) is -2.86. The Morgan fingerprint density at radius 1 is 1.28 bits per heavy atom. The highest BCUT2D eigenvalue weighted by atomic mass is 35.5. The number of pyridine rings is 2. The highest BCUT2D eigenvalue weighted by Gasteiger charge is 2.43. The van der Waals surface area contributed by atoms with Crippen molar-refractivity contribution >= 4 is 17.5 Å². The van der Waals surface area contributed by atoms with Crippen LogP contribution in [0.25, 0.3) is 0 Å². The van der Waals surface area contributed by atoms with Crippen molar-refractivity contribution in [2.75, 3.05) is 0 Å². The topological polar surface area (TPSA) is 75.1 Å². The zero-order valence-electron chi connectivity index (χ0n) is 15.1. The van der Waals surface area contributed by atoms with Crippen LogP contribution < -0.4 is 5.32 Å². The molecule has 29 heavy (non-hydrogen) atoms. The Morgan fingerprint density at radius 3 is 2.55 bits per heavy atom. The zero-order valence-corrected chi connectivity index (χ0v) is 15.8. The van der Waals surface area contributed by atoms with Gasteiger partial charge in [0.25, 0.3) is 5.91 Å². The van der Waals surface area contributed by atoms with Crippen LogP contribution in [-0.4, -0.2) is 32.8 Å². The Bertz CT molecular complexity index is 872. The summed E-state index contributed by atoms with van der Waals surface area (Å²) in [6.45, 7) is 0. The Kier molecular flexibility index (Phi) is 6.09. The van der Waals surface area contributed by atoms with Gasteiger partial charge >= 0.3 is 6.18 Å². The highest BCUT2D eigenvalue weighted by molar-refractivity contribution is 6.34. The summed E-state index contributed by atoms with van der Waals surface area (Å²) >= 11 is 5.79. The first-order valence-electron chi connectivity index (χ1n) is 8.91. The quantitative estimate of drug-likeness (QED) is 0.709. The molecule has 156 valence electrons. The summed E-state index contributed by atoms with van der Waals surface area (Å²) in [4.78, 5) is 20.4. The van der Waals surface area contributed by atoms with E-state index in [-0.39, 0.29) is 25.7 Å². The van der Waals surface area contributed by atoms with Gasteiger partial charge in [0.15, 0.2) is 0 Å². The van der Waals surface area contributed by atoms with Gasteiger partial charge in [0.2, 0.25) is 0 Å². The minimum absolute atomic E-state index is 0.0672. The molecule has 1 saturated carbocycles. The van der Waals surface area contributed by atoms with Crippen molar-refractivity contribution in [1.82, 2.24) is 15.3 Å². The van der Waals surface area contributed by atoms with Gasteiger partial charge in [-0.3, -0.25) is 9.78 Å². The number of aromatic nitrogens is 2. The number of alkyl halides is 4. The third-order valence-corrected chi connectivity index (χ3v) is 5.40. The fourth-order valence-corrected chi connectivity index (χ4v) is 3.77. The van der Waals surface area contributed by atoms with Gasteiger partial charge in [0.05, 0.1) is 22.2 Å². The first kappa shape index (κ1) is 21.4. The number of nitrogens with zero attached hydrogens (tertiary/aromatic N) is 2. The van der Waals surface area contributed by atoms with Crippen LogP contribution in [0.3, 0.4) is 0 Å². The molecule has 2 aromatic heterocycles. The largest absolute Gasteiger partial charge is 0.417 e.